The average molecular weight is 180 g/mol. The number of hydrogen-bond donors (Lipinski definition) is 0. The fraction of sp³-hybridized carbons (Fsp3) is 0.750. The molecule has 1 aliphatic carbocycles. The quantitative estimate of drug-likeness (QED) is 0.558. The Morgan fingerprint density at radius 2 is 1.77 bits per heavy atom. The van der Waals surface area contributed by atoms with Crippen LogP contribution in [-0.2, 0) is 4.79 Å². The van der Waals surface area contributed by atoms with Crippen LogP contribution in [0.25, 0.3) is 0 Å². The van der Waals surface area contributed by atoms with E-state index in [4.69, 9.17) is 0 Å². The summed E-state index contributed by atoms with van der Waals surface area (Å²) in [6, 6.07) is 0. The number of carbonyl (C=O) groups excluding carboxylic acids is 1. The number of rotatable bonds is 0. The van der Waals surface area contributed by atoms with Gasteiger partial charge in [0.1, 0.15) is 0 Å². The maximum Gasteiger partial charge on any atom is 0.156 e. The van der Waals surface area contributed by atoms with Crippen LogP contribution in [0.2, 0.25) is 0 Å². The van der Waals surface area contributed by atoms with E-state index in [2.05, 4.69) is 34.6 Å². The molecule has 1 aliphatic rings. The van der Waals surface area contributed by atoms with Crippen molar-refractivity contribution >= 4 is 5.78 Å². The second-order valence-electron chi connectivity index (χ2n) is 5.90. The van der Waals surface area contributed by atoms with Crippen molar-refractivity contribution in [3.05, 3.63) is 11.6 Å². The molecule has 0 N–H and O–H groups in total. The van der Waals surface area contributed by atoms with Gasteiger partial charge in [0.15, 0.2) is 5.78 Å². The van der Waals surface area contributed by atoms with Gasteiger partial charge < -0.3 is 0 Å². The van der Waals surface area contributed by atoms with Crippen LogP contribution in [0.1, 0.15) is 47.5 Å². The minimum absolute atomic E-state index is 0.146. The Bertz CT molecular complexity index is 251. The van der Waals surface area contributed by atoms with Gasteiger partial charge in [0, 0.05) is 6.42 Å². The second-order valence-corrected chi connectivity index (χ2v) is 5.90. The molecule has 0 fully saturated rings. The summed E-state index contributed by atoms with van der Waals surface area (Å²) in [6.45, 7) is 10.9. The zero-order valence-corrected chi connectivity index (χ0v) is 9.40. The lowest BCUT2D eigenvalue weighted by Gasteiger charge is -2.34. The average Bonchev–Trinajstić information content (AvgIpc) is 1.79. The third kappa shape index (κ3) is 2.68. The summed E-state index contributed by atoms with van der Waals surface area (Å²) >= 11 is 0. The molecule has 74 valence electrons. The summed E-state index contributed by atoms with van der Waals surface area (Å²) in [6.07, 6.45) is 3.61. The molecule has 0 saturated carbocycles. The molecule has 0 aromatic carbocycles. The maximum absolute atomic E-state index is 11.5. The predicted octanol–water partition coefficient (Wildman–Crippen LogP) is 3.35. The van der Waals surface area contributed by atoms with E-state index in [1.54, 1.807) is 0 Å². The zero-order chi connectivity index (χ0) is 10.3. The molecule has 0 spiro atoms. The summed E-state index contributed by atoms with van der Waals surface area (Å²) in [5.41, 5.74) is 1.61. The van der Waals surface area contributed by atoms with E-state index in [1.807, 2.05) is 6.08 Å². The SMILES string of the molecule is CC1(C)CC(=O)C=C(C(C)(C)C)C1. The molecule has 0 bridgehead atoms. The largest absolute Gasteiger partial charge is 0.295 e. The minimum Gasteiger partial charge on any atom is -0.295 e. The molecule has 1 rings (SSSR count). The Morgan fingerprint density at radius 1 is 1.23 bits per heavy atom. The van der Waals surface area contributed by atoms with Crippen molar-refractivity contribution in [1.82, 2.24) is 0 Å². The summed E-state index contributed by atoms with van der Waals surface area (Å²) < 4.78 is 0. The van der Waals surface area contributed by atoms with E-state index in [1.165, 1.54) is 5.57 Å². The van der Waals surface area contributed by atoms with E-state index in [9.17, 15) is 4.79 Å². The van der Waals surface area contributed by atoms with E-state index in [-0.39, 0.29) is 10.8 Å². The van der Waals surface area contributed by atoms with Crippen LogP contribution in [0.3, 0.4) is 0 Å². The van der Waals surface area contributed by atoms with Crippen LogP contribution in [0.4, 0.5) is 0 Å². The molecule has 0 aromatic heterocycles. The monoisotopic (exact) mass is 180 g/mol. The second kappa shape index (κ2) is 2.97. The number of carbonyl (C=O) groups is 1. The molecular weight excluding hydrogens is 160 g/mol. The third-order valence-electron chi connectivity index (χ3n) is 2.62. The standard InChI is InChI=1S/C12H20O/c1-11(2,3)9-6-10(13)8-12(4,5)7-9/h6H,7-8H2,1-5H3. The molecule has 0 amide bonds. The van der Waals surface area contributed by atoms with Gasteiger partial charge in [0.2, 0.25) is 0 Å². The fourth-order valence-electron chi connectivity index (χ4n) is 1.83. The molecule has 1 heteroatoms. The Balaban J connectivity index is 2.94. The smallest absolute Gasteiger partial charge is 0.156 e. The van der Waals surface area contributed by atoms with Gasteiger partial charge >= 0.3 is 0 Å². The number of ketones is 1. The molecule has 0 aromatic rings. The lowest BCUT2D eigenvalue weighted by molar-refractivity contribution is -0.117. The fourth-order valence-corrected chi connectivity index (χ4v) is 1.83. The molecule has 0 aliphatic heterocycles. The highest BCUT2D eigenvalue weighted by Gasteiger charge is 2.31. The molecule has 1 nitrogen and oxygen atoms in total. The number of hydrogen-bond acceptors (Lipinski definition) is 1. The van der Waals surface area contributed by atoms with Gasteiger partial charge in [0.25, 0.3) is 0 Å². The Kier molecular flexibility index (Phi) is 2.40. The Hall–Kier alpha value is -0.590. The van der Waals surface area contributed by atoms with Crippen LogP contribution >= 0.6 is 0 Å². The van der Waals surface area contributed by atoms with Gasteiger partial charge in [-0.1, -0.05) is 40.2 Å². The van der Waals surface area contributed by atoms with Gasteiger partial charge in [-0.25, -0.2) is 0 Å². The van der Waals surface area contributed by atoms with E-state index >= 15 is 0 Å². The van der Waals surface area contributed by atoms with Crippen molar-refractivity contribution in [1.29, 1.82) is 0 Å². The molecule has 0 unspecified atom stereocenters. The van der Waals surface area contributed by atoms with Crippen molar-refractivity contribution < 1.29 is 4.79 Å². The highest BCUT2D eigenvalue weighted by atomic mass is 16.1. The van der Waals surface area contributed by atoms with Crippen molar-refractivity contribution in [2.45, 2.75) is 47.5 Å². The van der Waals surface area contributed by atoms with E-state index < -0.39 is 0 Å². The van der Waals surface area contributed by atoms with Crippen LogP contribution < -0.4 is 0 Å². The molecule has 0 atom stereocenters. The first-order valence-electron chi connectivity index (χ1n) is 4.95. The van der Waals surface area contributed by atoms with Crippen LogP contribution in [-0.4, -0.2) is 5.78 Å². The minimum atomic E-state index is 0.146. The van der Waals surface area contributed by atoms with Crippen LogP contribution in [0.5, 0.6) is 0 Å². The van der Waals surface area contributed by atoms with E-state index in [0.717, 1.165) is 6.42 Å². The first-order valence-corrected chi connectivity index (χ1v) is 4.95. The van der Waals surface area contributed by atoms with Gasteiger partial charge in [-0.2, -0.15) is 0 Å². The van der Waals surface area contributed by atoms with Crippen molar-refractivity contribution in [2.24, 2.45) is 10.8 Å². The van der Waals surface area contributed by atoms with Gasteiger partial charge in [-0.3, -0.25) is 4.79 Å². The summed E-state index contributed by atoms with van der Waals surface area (Å²) in [5.74, 6) is 0.293. The summed E-state index contributed by atoms with van der Waals surface area (Å²) in [4.78, 5) is 11.5. The molecule has 0 heterocycles. The Labute approximate surface area is 81.2 Å². The summed E-state index contributed by atoms with van der Waals surface area (Å²) in [5, 5.41) is 0. The molecule has 0 radical (unpaired) electrons. The van der Waals surface area contributed by atoms with Crippen LogP contribution in [0.15, 0.2) is 11.6 Å². The first kappa shape index (κ1) is 10.5. The Morgan fingerprint density at radius 3 is 2.15 bits per heavy atom. The highest BCUT2D eigenvalue weighted by molar-refractivity contribution is 5.92. The number of allylic oxidation sites excluding steroid dienone is 2. The van der Waals surface area contributed by atoms with Crippen molar-refractivity contribution in [3.8, 4) is 0 Å². The van der Waals surface area contributed by atoms with Crippen LogP contribution in [0, 0.1) is 10.8 Å². The predicted molar refractivity (Wildman–Crippen MR) is 55.6 cm³/mol. The molecule has 13 heavy (non-hydrogen) atoms. The zero-order valence-electron chi connectivity index (χ0n) is 9.40. The van der Waals surface area contributed by atoms with E-state index in [0.29, 0.717) is 12.2 Å². The van der Waals surface area contributed by atoms with Crippen molar-refractivity contribution in [3.63, 3.8) is 0 Å². The first-order chi connectivity index (χ1) is 5.71. The lowest BCUT2D eigenvalue weighted by atomic mass is 9.70. The highest BCUT2D eigenvalue weighted by Crippen LogP contribution is 2.40. The maximum atomic E-state index is 11.5. The van der Waals surface area contributed by atoms with Gasteiger partial charge in [0.05, 0.1) is 0 Å². The normalized spacial score (nSPS) is 22.8. The topological polar surface area (TPSA) is 17.1 Å². The van der Waals surface area contributed by atoms with Gasteiger partial charge in [-0.05, 0) is 23.3 Å². The molecule has 0 saturated heterocycles. The molecular formula is C12H20O. The van der Waals surface area contributed by atoms with Crippen molar-refractivity contribution in [2.75, 3.05) is 0 Å². The van der Waals surface area contributed by atoms with Gasteiger partial charge in [-0.15, -0.1) is 0 Å². The third-order valence-corrected chi connectivity index (χ3v) is 2.62. The summed E-state index contributed by atoms with van der Waals surface area (Å²) in [7, 11) is 0. The lowest BCUT2D eigenvalue weighted by Crippen LogP contribution is -2.26.